The Morgan fingerprint density at radius 3 is 2.04 bits per heavy atom. The monoisotopic (exact) mass is 749 g/mol. The number of hydrogen-bond acceptors (Lipinski definition) is 7. The molecule has 6 N–H and O–H groups in total. The molecule has 0 amide bonds. The van der Waals surface area contributed by atoms with E-state index in [9.17, 15) is 26.3 Å². The van der Waals surface area contributed by atoms with Crippen LogP contribution in [0.2, 0.25) is 5.02 Å². The van der Waals surface area contributed by atoms with Gasteiger partial charge in [-0.25, -0.2) is 19.0 Å². The number of benzene rings is 3. The van der Waals surface area contributed by atoms with Crippen LogP contribution in [-0.4, -0.2) is 63.0 Å². The number of aliphatic carboxylic acids is 2. The number of aromatic amines is 1. The number of carboxylic acids is 2. The van der Waals surface area contributed by atoms with E-state index >= 15 is 4.39 Å². The fourth-order valence-corrected chi connectivity index (χ4v) is 4.05. The summed E-state index contributed by atoms with van der Waals surface area (Å²) in [6.45, 7) is 6.12. The number of alkyl halides is 6. The first-order valence-corrected chi connectivity index (χ1v) is 14.8. The highest BCUT2D eigenvalue weighted by atomic mass is 35.5. The van der Waals surface area contributed by atoms with E-state index in [1.807, 2.05) is 56.0 Å². The number of nitrogens with two attached hydrogens (primary N) is 1. The van der Waals surface area contributed by atoms with Crippen molar-refractivity contribution in [1.29, 1.82) is 5.41 Å². The van der Waals surface area contributed by atoms with Crippen LogP contribution in [-0.2, 0) is 16.1 Å². The predicted molar refractivity (Wildman–Crippen MR) is 173 cm³/mol. The summed E-state index contributed by atoms with van der Waals surface area (Å²) < 4.78 is 90.5. The Labute approximate surface area is 290 Å². The molecule has 3 aromatic carbocycles. The molecule has 0 atom stereocenters. The van der Waals surface area contributed by atoms with Gasteiger partial charge < -0.3 is 35.3 Å². The van der Waals surface area contributed by atoms with Crippen molar-refractivity contribution in [3.8, 4) is 22.8 Å². The first-order valence-electron chi connectivity index (χ1n) is 14.4. The van der Waals surface area contributed by atoms with Crippen molar-refractivity contribution in [3.63, 3.8) is 0 Å². The Hall–Kier alpha value is -5.52. The molecule has 0 aliphatic rings. The minimum atomic E-state index is -5.08. The molecule has 0 saturated carbocycles. The molecule has 1 heterocycles. The van der Waals surface area contributed by atoms with E-state index in [4.69, 9.17) is 57.0 Å². The molecule has 4 aromatic rings. The normalized spacial score (nSPS) is 11.1. The van der Waals surface area contributed by atoms with Crippen molar-refractivity contribution in [2.75, 3.05) is 11.5 Å². The number of anilines is 2. The minimum Gasteiger partial charge on any atom is -0.494 e. The summed E-state index contributed by atoms with van der Waals surface area (Å²) in [5.74, 6) is -4.88. The van der Waals surface area contributed by atoms with Gasteiger partial charge >= 0.3 is 24.3 Å². The molecule has 0 spiro atoms. The Morgan fingerprint density at radius 1 is 1.00 bits per heavy atom. The topological polar surface area (TPSA) is 175 Å². The second kappa shape index (κ2) is 17.9. The Balaban J connectivity index is 0.000000543. The third-order valence-corrected chi connectivity index (χ3v) is 6.24. The van der Waals surface area contributed by atoms with E-state index < -0.39 is 30.1 Å². The van der Waals surface area contributed by atoms with Crippen LogP contribution in [0.5, 0.6) is 11.5 Å². The molecule has 0 bridgehead atoms. The molecule has 276 valence electrons. The molecule has 0 fully saturated rings. The summed E-state index contributed by atoms with van der Waals surface area (Å²) >= 11 is 6.17. The molecule has 1 aromatic heterocycles. The summed E-state index contributed by atoms with van der Waals surface area (Å²) in [6, 6.07) is 17.7. The van der Waals surface area contributed by atoms with Crippen LogP contribution < -0.4 is 20.1 Å². The number of nitrogen functional groups attached to an aromatic ring is 1. The second-order valence-corrected chi connectivity index (χ2v) is 10.7. The van der Waals surface area contributed by atoms with E-state index in [0.717, 1.165) is 11.3 Å². The highest BCUT2D eigenvalue weighted by Gasteiger charge is 2.38. The molecular weight excluding hydrogens is 719 g/mol. The lowest BCUT2D eigenvalue weighted by molar-refractivity contribution is -0.193. The average Bonchev–Trinajstić information content (AvgIpc) is 3.52. The van der Waals surface area contributed by atoms with Gasteiger partial charge in [-0.15, -0.1) is 0 Å². The van der Waals surface area contributed by atoms with Gasteiger partial charge in [-0.3, -0.25) is 5.41 Å². The molecule has 11 nitrogen and oxygen atoms in total. The smallest absolute Gasteiger partial charge is 0.490 e. The van der Waals surface area contributed by atoms with Gasteiger partial charge in [-0.2, -0.15) is 26.3 Å². The number of ether oxygens (including phenoxy) is 2. The molecule has 0 aliphatic heterocycles. The van der Waals surface area contributed by atoms with Crippen LogP contribution in [0.25, 0.3) is 11.3 Å². The second-order valence-electron chi connectivity index (χ2n) is 10.3. The number of rotatable bonds is 10. The summed E-state index contributed by atoms with van der Waals surface area (Å²) in [5.41, 5.74) is 8.86. The van der Waals surface area contributed by atoms with E-state index in [2.05, 4.69) is 4.98 Å². The quantitative estimate of drug-likeness (QED) is 0.0612. The Kier molecular flexibility index (Phi) is 14.6. The summed E-state index contributed by atoms with van der Waals surface area (Å²) in [4.78, 5) is 27.6. The zero-order valence-corrected chi connectivity index (χ0v) is 27.6. The number of carboxylic acid groups (broad SMARTS) is 2. The van der Waals surface area contributed by atoms with E-state index in [0.29, 0.717) is 40.1 Å². The maximum absolute atomic E-state index is 15.6. The molecule has 0 saturated heterocycles. The number of aromatic nitrogens is 2. The standard InChI is InChI=1S/C28H29ClFN5O2.2C2HF3O2/c1-4-36-23-13-20(26(30)25(14-23)37-17(2)3)16-35(22-10-8-18(9-11-22)27(31)32)28-33-15-24(34-28)19-6-5-7-21(29)12-19;2*3-2(4,5)1(6)7/h5-15,17H,4,16H2,1-3H3,(H3,31,32)(H,33,34);2*(H,6,7). The van der Waals surface area contributed by atoms with Gasteiger partial charge in [0.2, 0.25) is 5.95 Å². The molecule has 0 unspecified atom stereocenters. The van der Waals surface area contributed by atoms with Crippen LogP contribution in [0.3, 0.4) is 0 Å². The molecule has 4 rings (SSSR count). The summed E-state index contributed by atoms with van der Waals surface area (Å²) in [5, 5.41) is 22.6. The van der Waals surface area contributed by atoms with Crippen LogP contribution in [0.1, 0.15) is 31.9 Å². The van der Waals surface area contributed by atoms with E-state index in [1.165, 1.54) is 0 Å². The Bertz CT molecular complexity index is 1770. The van der Waals surface area contributed by atoms with Crippen molar-refractivity contribution in [1.82, 2.24) is 9.97 Å². The van der Waals surface area contributed by atoms with Gasteiger partial charge in [0.15, 0.2) is 11.6 Å². The molecular formula is C32H31ClF7N5O6. The van der Waals surface area contributed by atoms with Gasteiger partial charge in [0.05, 0.1) is 24.9 Å². The molecule has 51 heavy (non-hydrogen) atoms. The fraction of sp³-hybridized carbons (Fsp3) is 0.250. The fourth-order valence-electron chi connectivity index (χ4n) is 3.86. The average molecular weight is 750 g/mol. The lowest BCUT2D eigenvalue weighted by atomic mass is 10.1. The van der Waals surface area contributed by atoms with Crippen molar-refractivity contribution in [2.45, 2.75) is 45.8 Å². The molecule has 19 heteroatoms. The number of imidazole rings is 1. The maximum Gasteiger partial charge on any atom is 0.490 e. The zero-order valence-electron chi connectivity index (χ0n) is 26.9. The minimum absolute atomic E-state index is 0.0368. The summed E-state index contributed by atoms with van der Waals surface area (Å²) in [7, 11) is 0. The number of H-pyrrole nitrogens is 1. The number of nitrogens with zero attached hydrogens (tertiary/aromatic N) is 2. The number of halogens is 8. The number of hydrogen-bond donors (Lipinski definition) is 5. The largest absolute Gasteiger partial charge is 0.494 e. The van der Waals surface area contributed by atoms with Crippen molar-refractivity contribution in [2.24, 2.45) is 5.73 Å². The highest BCUT2D eigenvalue weighted by molar-refractivity contribution is 6.30. The van der Waals surface area contributed by atoms with Crippen molar-refractivity contribution in [3.05, 3.63) is 88.8 Å². The van der Waals surface area contributed by atoms with Crippen molar-refractivity contribution >= 4 is 41.0 Å². The zero-order chi connectivity index (χ0) is 38.7. The number of nitrogens with one attached hydrogen (secondary N) is 2. The van der Waals surface area contributed by atoms with Crippen LogP contribution in [0.4, 0.5) is 42.4 Å². The van der Waals surface area contributed by atoms with Gasteiger partial charge in [-0.05, 0) is 63.2 Å². The van der Waals surface area contributed by atoms with Gasteiger partial charge in [0, 0.05) is 39.7 Å². The predicted octanol–water partition coefficient (Wildman–Crippen LogP) is 7.94. The first-order chi connectivity index (χ1) is 23.6. The molecule has 0 aliphatic carbocycles. The van der Waals surface area contributed by atoms with Gasteiger partial charge in [0.1, 0.15) is 11.6 Å². The molecule has 0 radical (unpaired) electrons. The number of amidine groups is 1. The van der Waals surface area contributed by atoms with Gasteiger partial charge in [-0.1, -0.05) is 23.7 Å². The third kappa shape index (κ3) is 13.0. The lowest BCUT2D eigenvalue weighted by Crippen LogP contribution is -2.21. The SMILES string of the molecule is CCOc1cc(CN(c2ccc(C(=N)N)cc2)c2nc(-c3cccc(Cl)c3)c[nH]2)c(F)c(OC(C)C)c1.O=C(O)C(F)(F)F.O=C(O)C(F)(F)F. The van der Waals surface area contributed by atoms with E-state index in [-0.39, 0.29) is 24.2 Å². The highest BCUT2D eigenvalue weighted by Crippen LogP contribution is 2.34. The maximum atomic E-state index is 15.6. The first kappa shape index (κ1) is 41.7. The van der Waals surface area contributed by atoms with Crippen LogP contribution in [0.15, 0.2) is 66.9 Å². The lowest BCUT2D eigenvalue weighted by Gasteiger charge is -2.24. The third-order valence-electron chi connectivity index (χ3n) is 6.01. The van der Waals surface area contributed by atoms with Crippen molar-refractivity contribution < 1.29 is 60.0 Å². The van der Waals surface area contributed by atoms with Gasteiger partial charge in [0.25, 0.3) is 0 Å². The summed E-state index contributed by atoms with van der Waals surface area (Å²) in [6.07, 6.45) is -8.60. The van der Waals surface area contributed by atoms with Crippen LogP contribution >= 0.6 is 11.6 Å². The van der Waals surface area contributed by atoms with Crippen LogP contribution in [0, 0.1) is 11.2 Å². The number of carbonyl (C=O) groups is 2. The van der Waals surface area contributed by atoms with E-state index in [1.54, 1.807) is 36.5 Å². The Morgan fingerprint density at radius 2 is 1.57 bits per heavy atom.